The summed E-state index contributed by atoms with van der Waals surface area (Å²) in [7, 11) is 0. The molecule has 1 saturated heterocycles. The Labute approximate surface area is 206 Å². The van der Waals surface area contributed by atoms with E-state index in [1.54, 1.807) is 4.90 Å². The van der Waals surface area contributed by atoms with Gasteiger partial charge in [0.2, 0.25) is 17.7 Å². The van der Waals surface area contributed by atoms with Crippen molar-refractivity contribution in [2.75, 3.05) is 44.6 Å². The predicted octanol–water partition coefficient (Wildman–Crippen LogP) is 2.80. The van der Waals surface area contributed by atoms with Gasteiger partial charge >= 0.3 is 0 Å². The van der Waals surface area contributed by atoms with Gasteiger partial charge in [0.05, 0.1) is 18.8 Å². The van der Waals surface area contributed by atoms with Crippen molar-refractivity contribution in [2.45, 2.75) is 33.1 Å². The molecular formula is C27H33N5O3. The van der Waals surface area contributed by atoms with Crippen LogP contribution >= 0.6 is 0 Å². The summed E-state index contributed by atoms with van der Waals surface area (Å²) in [5.41, 5.74) is 4.98. The van der Waals surface area contributed by atoms with Gasteiger partial charge in [-0.05, 0) is 36.6 Å². The lowest BCUT2D eigenvalue weighted by atomic mass is 10.1. The third-order valence-electron chi connectivity index (χ3n) is 6.72. The summed E-state index contributed by atoms with van der Waals surface area (Å²) in [5.74, 6) is -0.194. The van der Waals surface area contributed by atoms with E-state index in [-0.39, 0.29) is 30.6 Å². The molecule has 0 aromatic heterocycles. The Balaban J connectivity index is 1.18. The number of carbonyl (C=O) groups is 3. The number of piperazine rings is 1. The first-order chi connectivity index (χ1) is 16.9. The van der Waals surface area contributed by atoms with E-state index in [9.17, 15) is 14.4 Å². The standard InChI is InChI=1S/C27H33N5O3/c1-20-7-6-10-23(21(20)2)28-25(33)19-30-15-17-31(18-16-30)26(34)11-12-27(35)32-14-13-24(29-32)22-8-4-3-5-9-22/h3-10H,11-19H2,1-2H3,(H,28,33). The second kappa shape index (κ2) is 11.3. The fourth-order valence-electron chi connectivity index (χ4n) is 4.41. The molecule has 0 unspecified atom stereocenters. The van der Waals surface area contributed by atoms with Crippen molar-refractivity contribution in [1.29, 1.82) is 0 Å². The van der Waals surface area contributed by atoms with Crippen LogP contribution < -0.4 is 5.32 Å². The van der Waals surface area contributed by atoms with Crippen LogP contribution in [0.15, 0.2) is 53.6 Å². The first-order valence-electron chi connectivity index (χ1n) is 12.2. The van der Waals surface area contributed by atoms with Crippen LogP contribution in [0.3, 0.4) is 0 Å². The smallest absolute Gasteiger partial charge is 0.243 e. The van der Waals surface area contributed by atoms with Gasteiger partial charge in [-0.25, -0.2) is 5.01 Å². The van der Waals surface area contributed by atoms with Crippen LogP contribution in [0.4, 0.5) is 5.69 Å². The Morgan fingerprint density at radius 3 is 2.31 bits per heavy atom. The normalized spacial score (nSPS) is 16.2. The third-order valence-corrected chi connectivity index (χ3v) is 6.72. The van der Waals surface area contributed by atoms with Crippen LogP contribution in [0.2, 0.25) is 0 Å². The minimum absolute atomic E-state index is 0.0238. The SMILES string of the molecule is Cc1cccc(NC(=O)CN2CCN(C(=O)CCC(=O)N3CCC(c4ccccc4)=N3)CC2)c1C. The molecule has 8 heteroatoms. The van der Waals surface area contributed by atoms with Crippen LogP contribution in [0.1, 0.15) is 36.0 Å². The van der Waals surface area contributed by atoms with Crippen molar-refractivity contribution in [3.05, 3.63) is 65.2 Å². The number of nitrogens with one attached hydrogen (secondary N) is 1. The molecule has 35 heavy (non-hydrogen) atoms. The minimum atomic E-state index is -0.119. The van der Waals surface area contributed by atoms with Crippen molar-refractivity contribution in [3.8, 4) is 0 Å². The number of benzene rings is 2. The summed E-state index contributed by atoms with van der Waals surface area (Å²) in [6.07, 6.45) is 1.06. The van der Waals surface area contributed by atoms with Crippen molar-refractivity contribution >= 4 is 29.1 Å². The maximum Gasteiger partial charge on any atom is 0.243 e. The molecule has 0 bridgehead atoms. The molecule has 2 aliphatic rings. The molecule has 0 atom stereocenters. The number of carbonyl (C=O) groups excluding carboxylic acids is 3. The Morgan fingerprint density at radius 2 is 1.57 bits per heavy atom. The lowest BCUT2D eigenvalue weighted by Crippen LogP contribution is -2.50. The lowest BCUT2D eigenvalue weighted by Gasteiger charge is -2.34. The number of nitrogens with zero attached hydrogens (tertiary/aromatic N) is 4. The largest absolute Gasteiger partial charge is 0.340 e. The van der Waals surface area contributed by atoms with Gasteiger partial charge in [-0.2, -0.15) is 5.10 Å². The Bertz CT molecular complexity index is 1110. The monoisotopic (exact) mass is 475 g/mol. The zero-order chi connectivity index (χ0) is 24.8. The van der Waals surface area contributed by atoms with Gasteiger partial charge in [-0.1, -0.05) is 42.5 Å². The maximum atomic E-state index is 12.7. The summed E-state index contributed by atoms with van der Waals surface area (Å²) < 4.78 is 0. The van der Waals surface area contributed by atoms with Gasteiger partial charge in [-0.15, -0.1) is 0 Å². The highest BCUT2D eigenvalue weighted by Gasteiger charge is 2.25. The van der Waals surface area contributed by atoms with E-state index in [4.69, 9.17) is 0 Å². The number of hydrazone groups is 1. The molecule has 2 aromatic carbocycles. The second-order valence-corrected chi connectivity index (χ2v) is 9.13. The molecular weight excluding hydrogens is 442 g/mol. The highest BCUT2D eigenvalue weighted by molar-refractivity contribution is 6.02. The van der Waals surface area contributed by atoms with Gasteiger partial charge in [0.25, 0.3) is 0 Å². The first kappa shape index (κ1) is 24.6. The number of aryl methyl sites for hydroxylation is 1. The van der Waals surface area contributed by atoms with Gasteiger partial charge in [0.1, 0.15) is 0 Å². The Kier molecular flexibility index (Phi) is 7.92. The number of anilines is 1. The van der Waals surface area contributed by atoms with E-state index in [1.165, 1.54) is 5.01 Å². The third kappa shape index (κ3) is 6.33. The molecule has 0 radical (unpaired) electrons. The van der Waals surface area contributed by atoms with E-state index < -0.39 is 0 Å². The van der Waals surface area contributed by atoms with Crippen LogP contribution in [0.5, 0.6) is 0 Å². The molecule has 0 saturated carbocycles. The van der Waals surface area contributed by atoms with E-state index >= 15 is 0 Å². The van der Waals surface area contributed by atoms with Gasteiger partial charge in [0, 0.05) is 51.1 Å². The van der Waals surface area contributed by atoms with Crippen molar-refractivity contribution in [2.24, 2.45) is 5.10 Å². The first-order valence-corrected chi connectivity index (χ1v) is 12.2. The predicted molar refractivity (Wildman–Crippen MR) is 136 cm³/mol. The van der Waals surface area contributed by atoms with Gasteiger partial charge in [0.15, 0.2) is 0 Å². The number of hydrogen-bond acceptors (Lipinski definition) is 5. The molecule has 184 valence electrons. The molecule has 8 nitrogen and oxygen atoms in total. The fraction of sp³-hybridized carbons (Fsp3) is 0.407. The van der Waals surface area contributed by atoms with Gasteiger partial charge < -0.3 is 10.2 Å². The highest BCUT2D eigenvalue weighted by atomic mass is 16.2. The molecule has 1 N–H and O–H groups in total. The summed E-state index contributed by atoms with van der Waals surface area (Å²) in [4.78, 5) is 41.6. The lowest BCUT2D eigenvalue weighted by molar-refractivity contribution is -0.138. The molecule has 2 aromatic rings. The van der Waals surface area contributed by atoms with Crippen LogP contribution in [0, 0.1) is 13.8 Å². The van der Waals surface area contributed by atoms with Crippen molar-refractivity contribution < 1.29 is 14.4 Å². The summed E-state index contributed by atoms with van der Waals surface area (Å²) in [6.45, 7) is 7.26. The van der Waals surface area contributed by atoms with E-state index in [2.05, 4.69) is 15.3 Å². The zero-order valence-electron chi connectivity index (χ0n) is 20.5. The topological polar surface area (TPSA) is 85.3 Å². The molecule has 0 spiro atoms. The van der Waals surface area contributed by atoms with E-state index in [1.807, 2.05) is 62.4 Å². The summed E-state index contributed by atoms with van der Waals surface area (Å²) in [5, 5.41) is 8.94. The Hall–Kier alpha value is -3.52. The maximum absolute atomic E-state index is 12.7. The van der Waals surface area contributed by atoms with Gasteiger partial charge in [-0.3, -0.25) is 19.3 Å². The van der Waals surface area contributed by atoms with Crippen LogP contribution in [-0.4, -0.2) is 77.5 Å². The molecule has 2 aliphatic heterocycles. The molecule has 3 amide bonds. The number of rotatable bonds is 7. The highest BCUT2D eigenvalue weighted by Crippen LogP contribution is 2.18. The van der Waals surface area contributed by atoms with Crippen LogP contribution in [0.25, 0.3) is 0 Å². The molecule has 2 heterocycles. The quantitative estimate of drug-likeness (QED) is 0.667. The van der Waals surface area contributed by atoms with E-state index in [0.717, 1.165) is 34.5 Å². The minimum Gasteiger partial charge on any atom is -0.340 e. The molecule has 1 fully saturated rings. The van der Waals surface area contributed by atoms with Crippen LogP contribution in [-0.2, 0) is 14.4 Å². The van der Waals surface area contributed by atoms with Crippen molar-refractivity contribution in [3.63, 3.8) is 0 Å². The average Bonchev–Trinajstić information content (AvgIpc) is 3.37. The zero-order valence-corrected chi connectivity index (χ0v) is 20.5. The number of amides is 3. The average molecular weight is 476 g/mol. The van der Waals surface area contributed by atoms with E-state index in [0.29, 0.717) is 39.3 Å². The molecule has 0 aliphatic carbocycles. The second-order valence-electron chi connectivity index (χ2n) is 9.13. The fourth-order valence-corrected chi connectivity index (χ4v) is 4.41. The van der Waals surface area contributed by atoms with Crippen molar-refractivity contribution in [1.82, 2.24) is 14.8 Å². The summed E-state index contributed by atoms with van der Waals surface area (Å²) in [6, 6.07) is 15.7. The Morgan fingerprint density at radius 1 is 0.857 bits per heavy atom. The summed E-state index contributed by atoms with van der Waals surface area (Å²) >= 11 is 0. The molecule has 4 rings (SSSR count). The number of hydrogen-bond donors (Lipinski definition) is 1.